The smallest absolute Gasteiger partial charge is 0.0346 e. The van der Waals surface area contributed by atoms with Gasteiger partial charge in [0.2, 0.25) is 0 Å². The summed E-state index contributed by atoms with van der Waals surface area (Å²) in [6.07, 6.45) is 4.71. The Kier molecular flexibility index (Phi) is 2.68. The molecule has 2 rings (SSSR count). The van der Waals surface area contributed by atoms with Crippen LogP contribution < -0.4 is 5.73 Å². The fraction of sp³-hybridized carbons (Fsp3) is 0.357. The van der Waals surface area contributed by atoms with E-state index in [4.69, 9.17) is 5.73 Å². The molecule has 1 aromatic heterocycles. The highest BCUT2D eigenvalue weighted by molar-refractivity contribution is 5.87. The lowest BCUT2D eigenvalue weighted by Crippen LogP contribution is -2.34. The van der Waals surface area contributed by atoms with E-state index in [0.717, 1.165) is 6.42 Å². The second-order valence-corrected chi connectivity index (χ2v) is 5.14. The second kappa shape index (κ2) is 3.87. The average molecular weight is 214 g/mol. The van der Waals surface area contributed by atoms with Crippen molar-refractivity contribution in [2.24, 2.45) is 5.73 Å². The maximum absolute atomic E-state index is 6.09. The Hall–Kier alpha value is -1.41. The highest BCUT2D eigenvalue weighted by Crippen LogP contribution is 2.24. The molecule has 0 unspecified atom stereocenters. The Morgan fingerprint density at radius 1 is 1.25 bits per heavy atom. The van der Waals surface area contributed by atoms with Crippen LogP contribution in [0.5, 0.6) is 0 Å². The number of hydrogen-bond donors (Lipinski definition) is 1. The summed E-state index contributed by atoms with van der Waals surface area (Å²) in [6.45, 7) is 6.22. The summed E-state index contributed by atoms with van der Waals surface area (Å²) in [5.74, 6) is 0. The number of nitrogens with two attached hydrogens (primary N) is 1. The fourth-order valence-electron chi connectivity index (χ4n) is 2.14. The minimum absolute atomic E-state index is 0.177. The molecule has 16 heavy (non-hydrogen) atoms. The first-order chi connectivity index (χ1) is 7.47. The Morgan fingerprint density at radius 2 is 2.00 bits per heavy atom. The minimum Gasteiger partial charge on any atom is -0.325 e. The Bertz CT molecular complexity index is 504. The average Bonchev–Trinajstić information content (AvgIpc) is 2.15. The van der Waals surface area contributed by atoms with Crippen molar-refractivity contribution < 1.29 is 0 Å². The van der Waals surface area contributed by atoms with Crippen LogP contribution in [0.4, 0.5) is 0 Å². The lowest BCUT2D eigenvalue weighted by atomic mass is 9.91. The van der Waals surface area contributed by atoms with Crippen LogP contribution in [0.15, 0.2) is 30.6 Å². The molecule has 2 aromatic rings. The molecule has 0 saturated heterocycles. The molecule has 0 atom stereocenters. The minimum atomic E-state index is -0.177. The third-order valence-corrected chi connectivity index (χ3v) is 2.71. The first kappa shape index (κ1) is 11.1. The monoisotopic (exact) mass is 214 g/mol. The molecule has 84 valence electrons. The molecule has 1 heterocycles. The fourth-order valence-corrected chi connectivity index (χ4v) is 2.14. The topological polar surface area (TPSA) is 38.9 Å². The molecule has 0 aliphatic rings. The van der Waals surface area contributed by atoms with E-state index in [0.29, 0.717) is 0 Å². The van der Waals surface area contributed by atoms with E-state index in [-0.39, 0.29) is 5.54 Å². The number of fused-ring (bicyclic) bond motifs is 1. The number of aromatic nitrogens is 1. The highest BCUT2D eigenvalue weighted by atomic mass is 14.7. The van der Waals surface area contributed by atoms with Gasteiger partial charge in [0.25, 0.3) is 0 Å². The molecule has 0 saturated carbocycles. The molecule has 0 amide bonds. The van der Waals surface area contributed by atoms with Crippen LogP contribution in [0.3, 0.4) is 0 Å². The van der Waals surface area contributed by atoms with E-state index >= 15 is 0 Å². The third-order valence-electron chi connectivity index (χ3n) is 2.71. The SMILES string of the molecule is Cc1cncc2cccc(CC(C)(C)N)c12. The number of rotatable bonds is 2. The zero-order chi connectivity index (χ0) is 11.8. The van der Waals surface area contributed by atoms with Gasteiger partial charge < -0.3 is 5.73 Å². The van der Waals surface area contributed by atoms with Crippen LogP contribution in [-0.2, 0) is 6.42 Å². The maximum atomic E-state index is 6.09. The number of aryl methyl sites for hydroxylation is 1. The Labute approximate surface area is 96.5 Å². The predicted octanol–water partition coefficient (Wildman–Crippen LogP) is 2.82. The van der Waals surface area contributed by atoms with Crippen molar-refractivity contribution in [2.75, 3.05) is 0 Å². The molecule has 0 fully saturated rings. The molecule has 0 aliphatic carbocycles. The standard InChI is InChI=1S/C14H18N2/c1-10-8-16-9-12-6-4-5-11(13(10)12)7-14(2,3)15/h4-6,8-9H,7,15H2,1-3H3. The van der Waals surface area contributed by atoms with Crippen molar-refractivity contribution in [2.45, 2.75) is 32.7 Å². The third kappa shape index (κ3) is 2.22. The van der Waals surface area contributed by atoms with Crippen molar-refractivity contribution in [3.63, 3.8) is 0 Å². The van der Waals surface area contributed by atoms with Gasteiger partial charge in [-0.05, 0) is 43.7 Å². The second-order valence-electron chi connectivity index (χ2n) is 5.14. The summed E-state index contributed by atoms with van der Waals surface area (Å²) in [4.78, 5) is 4.22. The summed E-state index contributed by atoms with van der Waals surface area (Å²) in [6, 6.07) is 6.33. The van der Waals surface area contributed by atoms with Crippen LogP contribution in [0.25, 0.3) is 10.8 Å². The molecule has 1 aromatic carbocycles. The van der Waals surface area contributed by atoms with Gasteiger partial charge in [0.15, 0.2) is 0 Å². The number of pyridine rings is 1. The quantitative estimate of drug-likeness (QED) is 0.835. The van der Waals surface area contributed by atoms with Crippen molar-refractivity contribution in [1.82, 2.24) is 4.98 Å². The van der Waals surface area contributed by atoms with Crippen molar-refractivity contribution in [3.05, 3.63) is 41.7 Å². The largest absolute Gasteiger partial charge is 0.325 e. The van der Waals surface area contributed by atoms with E-state index in [1.54, 1.807) is 0 Å². The molecule has 2 heteroatoms. The summed E-state index contributed by atoms with van der Waals surface area (Å²) in [5.41, 5.74) is 8.45. The Morgan fingerprint density at radius 3 is 2.69 bits per heavy atom. The molecule has 2 nitrogen and oxygen atoms in total. The van der Waals surface area contributed by atoms with Gasteiger partial charge in [0, 0.05) is 23.3 Å². The van der Waals surface area contributed by atoms with Gasteiger partial charge >= 0.3 is 0 Å². The van der Waals surface area contributed by atoms with Crippen LogP contribution >= 0.6 is 0 Å². The summed E-state index contributed by atoms with van der Waals surface area (Å²) < 4.78 is 0. The number of hydrogen-bond acceptors (Lipinski definition) is 2. The van der Waals surface area contributed by atoms with Crippen LogP contribution in [0.2, 0.25) is 0 Å². The molecule has 0 bridgehead atoms. The first-order valence-corrected chi connectivity index (χ1v) is 5.58. The zero-order valence-electron chi connectivity index (χ0n) is 10.1. The molecular weight excluding hydrogens is 196 g/mol. The van der Waals surface area contributed by atoms with E-state index in [2.05, 4.69) is 44.0 Å². The van der Waals surface area contributed by atoms with Gasteiger partial charge in [0.1, 0.15) is 0 Å². The van der Waals surface area contributed by atoms with Crippen LogP contribution in [0, 0.1) is 6.92 Å². The normalized spacial score (nSPS) is 12.0. The lowest BCUT2D eigenvalue weighted by molar-refractivity contribution is 0.518. The molecular formula is C14H18N2. The van der Waals surface area contributed by atoms with Crippen LogP contribution in [-0.4, -0.2) is 10.5 Å². The van der Waals surface area contributed by atoms with Gasteiger partial charge in [0.05, 0.1) is 0 Å². The number of nitrogens with zero attached hydrogens (tertiary/aromatic N) is 1. The summed E-state index contributed by atoms with van der Waals surface area (Å²) in [7, 11) is 0. The van der Waals surface area contributed by atoms with Crippen LogP contribution in [0.1, 0.15) is 25.0 Å². The maximum Gasteiger partial charge on any atom is 0.0346 e. The first-order valence-electron chi connectivity index (χ1n) is 5.58. The van der Waals surface area contributed by atoms with E-state index in [1.165, 1.54) is 21.9 Å². The van der Waals surface area contributed by atoms with Gasteiger partial charge in [-0.15, -0.1) is 0 Å². The highest BCUT2D eigenvalue weighted by Gasteiger charge is 2.14. The molecule has 0 spiro atoms. The molecule has 2 N–H and O–H groups in total. The van der Waals surface area contributed by atoms with Crippen molar-refractivity contribution >= 4 is 10.8 Å². The van der Waals surface area contributed by atoms with Gasteiger partial charge in [-0.1, -0.05) is 18.2 Å². The van der Waals surface area contributed by atoms with E-state index in [9.17, 15) is 0 Å². The van der Waals surface area contributed by atoms with Gasteiger partial charge in [-0.3, -0.25) is 4.98 Å². The molecule has 0 aliphatic heterocycles. The number of benzene rings is 1. The zero-order valence-corrected chi connectivity index (χ0v) is 10.1. The summed E-state index contributed by atoms with van der Waals surface area (Å²) in [5, 5.41) is 2.50. The van der Waals surface area contributed by atoms with Gasteiger partial charge in [-0.2, -0.15) is 0 Å². The predicted molar refractivity (Wildman–Crippen MR) is 68.5 cm³/mol. The van der Waals surface area contributed by atoms with Crippen molar-refractivity contribution in [3.8, 4) is 0 Å². The van der Waals surface area contributed by atoms with Gasteiger partial charge in [-0.25, -0.2) is 0 Å². The lowest BCUT2D eigenvalue weighted by Gasteiger charge is -2.20. The van der Waals surface area contributed by atoms with Crippen molar-refractivity contribution in [1.29, 1.82) is 0 Å². The van der Waals surface area contributed by atoms with E-state index < -0.39 is 0 Å². The molecule has 0 radical (unpaired) electrons. The van der Waals surface area contributed by atoms with E-state index in [1.807, 2.05) is 12.4 Å². The summed E-state index contributed by atoms with van der Waals surface area (Å²) >= 11 is 0. The Balaban J connectivity index is 2.61.